The fourth-order valence-electron chi connectivity index (χ4n) is 1.28. The molecular weight excluding hydrogens is 196 g/mol. The van der Waals surface area contributed by atoms with Gasteiger partial charge in [-0.15, -0.1) is 6.58 Å². The quantitative estimate of drug-likeness (QED) is 0.738. The minimum atomic E-state index is -0.546. The van der Waals surface area contributed by atoms with Crippen molar-refractivity contribution in [2.45, 2.75) is 25.9 Å². The van der Waals surface area contributed by atoms with E-state index in [9.17, 15) is 8.78 Å². The van der Waals surface area contributed by atoms with Crippen LogP contribution in [0.25, 0.3) is 0 Å². The summed E-state index contributed by atoms with van der Waals surface area (Å²) in [5.74, 6) is -1.05. The highest BCUT2D eigenvalue weighted by molar-refractivity contribution is 5.18. The van der Waals surface area contributed by atoms with E-state index in [-0.39, 0.29) is 6.04 Å². The molecule has 0 aromatic heterocycles. The zero-order valence-corrected chi connectivity index (χ0v) is 8.76. The molecule has 0 aliphatic heterocycles. The van der Waals surface area contributed by atoms with Crippen LogP contribution in [-0.4, -0.2) is 6.04 Å². The first-order valence-electron chi connectivity index (χ1n) is 4.91. The lowest BCUT2D eigenvalue weighted by molar-refractivity contribution is 0.524. The van der Waals surface area contributed by atoms with Crippen molar-refractivity contribution >= 4 is 0 Å². The molecule has 0 bridgehead atoms. The van der Waals surface area contributed by atoms with Gasteiger partial charge in [0.15, 0.2) is 0 Å². The highest BCUT2D eigenvalue weighted by Gasteiger charge is 2.04. The lowest BCUT2D eigenvalue weighted by Gasteiger charge is -2.11. The molecule has 0 radical (unpaired) electrons. The normalized spacial score (nSPS) is 12.5. The second kappa shape index (κ2) is 5.61. The van der Waals surface area contributed by atoms with E-state index in [1.165, 1.54) is 12.1 Å². The molecule has 1 unspecified atom stereocenters. The molecule has 1 atom stereocenters. The maximum absolute atomic E-state index is 13.2. The van der Waals surface area contributed by atoms with Crippen molar-refractivity contribution in [3.8, 4) is 0 Å². The maximum atomic E-state index is 13.2. The van der Waals surface area contributed by atoms with E-state index in [0.717, 1.165) is 12.5 Å². The number of hydrogen-bond acceptors (Lipinski definition) is 1. The second-order valence-electron chi connectivity index (χ2n) is 3.54. The Kier molecular flexibility index (Phi) is 4.43. The third-order valence-corrected chi connectivity index (χ3v) is 2.18. The van der Waals surface area contributed by atoms with Gasteiger partial charge < -0.3 is 5.32 Å². The standard InChI is InChI=1S/C12H15F2N/c1-3-4-9(2)15-8-10-5-6-11(13)7-12(10)14/h3,5-7,9,15H,1,4,8H2,2H3. The Morgan fingerprint density at radius 3 is 2.80 bits per heavy atom. The molecule has 1 aromatic rings. The van der Waals surface area contributed by atoms with Gasteiger partial charge in [0.05, 0.1) is 0 Å². The predicted octanol–water partition coefficient (Wildman–Crippen LogP) is 3.02. The smallest absolute Gasteiger partial charge is 0.130 e. The van der Waals surface area contributed by atoms with Crippen LogP contribution >= 0.6 is 0 Å². The molecule has 0 spiro atoms. The Morgan fingerprint density at radius 2 is 2.20 bits per heavy atom. The minimum absolute atomic E-state index is 0.243. The average Bonchev–Trinajstić information content (AvgIpc) is 2.17. The topological polar surface area (TPSA) is 12.0 Å². The zero-order valence-electron chi connectivity index (χ0n) is 8.76. The summed E-state index contributed by atoms with van der Waals surface area (Å²) >= 11 is 0. The van der Waals surface area contributed by atoms with E-state index >= 15 is 0 Å². The number of nitrogens with one attached hydrogen (secondary N) is 1. The van der Waals surface area contributed by atoms with Crippen molar-refractivity contribution in [2.75, 3.05) is 0 Å². The predicted molar refractivity (Wildman–Crippen MR) is 57.5 cm³/mol. The molecule has 0 aliphatic carbocycles. The monoisotopic (exact) mass is 211 g/mol. The van der Waals surface area contributed by atoms with Gasteiger partial charge in [0.2, 0.25) is 0 Å². The molecule has 1 aromatic carbocycles. The first-order valence-corrected chi connectivity index (χ1v) is 4.91. The summed E-state index contributed by atoms with van der Waals surface area (Å²) in [6.07, 6.45) is 2.63. The molecule has 0 saturated heterocycles. The molecule has 82 valence electrons. The highest BCUT2D eigenvalue weighted by atomic mass is 19.1. The van der Waals surface area contributed by atoms with Gasteiger partial charge in [-0.1, -0.05) is 12.1 Å². The van der Waals surface area contributed by atoms with Crippen LogP contribution in [-0.2, 0) is 6.54 Å². The summed E-state index contributed by atoms with van der Waals surface area (Å²) in [6.45, 7) is 6.01. The van der Waals surface area contributed by atoms with Crippen LogP contribution in [0.4, 0.5) is 8.78 Å². The first kappa shape index (κ1) is 11.9. The van der Waals surface area contributed by atoms with Crippen LogP contribution in [0, 0.1) is 11.6 Å². The molecule has 0 aliphatic rings. The fraction of sp³-hybridized carbons (Fsp3) is 0.333. The van der Waals surface area contributed by atoms with E-state index < -0.39 is 11.6 Å². The van der Waals surface area contributed by atoms with Crippen LogP contribution < -0.4 is 5.32 Å². The van der Waals surface area contributed by atoms with Gasteiger partial charge in [-0.3, -0.25) is 0 Å². The van der Waals surface area contributed by atoms with Crippen LogP contribution in [0.15, 0.2) is 30.9 Å². The number of rotatable bonds is 5. The molecule has 1 nitrogen and oxygen atoms in total. The van der Waals surface area contributed by atoms with Crippen LogP contribution in [0.1, 0.15) is 18.9 Å². The van der Waals surface area contributed by atoms with Crippen LogP contribution in [0.5, 0.6) is 0 Å². The summed E-state index contributed by atoms with van der Waals surface area (Å²) in [5, 5.41) is 3.13. The van der Waals surface area contributed by atoms with E-state index in [1.54, 1.807) is 6.08 Å². The Balaban J connectivity index is 2.54. The largest absolute Gasteiger partial charge is 0.310 e. The Morgan fingerprint density at radius 1 is 1.47 bits per heavy atom. The average molecular weight is 211 g/mol. The molecular formula is C12H15F2N. The zero-order chi connectivity index (χ0) is 11.3. The van der Waals surface area contributed by atoms with Gasteiger partial charge >= 0.3 is 0 Å². The molecule has 3 heteroatoms. The van der Waals surface area contributed by atoms with Crippen molar-refractivity contribution in [2.24, 2.45) is 0 Å². The molecule has 0 saturated carbocycles. The van der Waals surface area contributed by atoms with Crippen LogP contribution in [0.2, 0.25) is 0 Å². The third-order valence-electron chi connectivity index (χ3n) is 2.18. The number of halogens is 2. The second-order valence-corrected chi connectivity index (χ2v) is 3.54. The minimum Gasteiger partial charge on any atom is -0.310 e. The van der Waals surface area contributed by atoms with E-state index in [1.807, 2.05) is 6.92 Å². The number of hydrogen-bond donors (Lipinski definition) is 1. The van der Waals surface area contributed by atoms with Gasteiger partial charge in [0.1, 0.15) is 11.6 Å². The van der Waals surface area contributed by atoms with Gasteiger partial charge in [-0.2, -0.15) is 0 Å². The number of benzene rings is 1. The molecule has 0 fully saturated rings. The third kappa shape index (κ3) is 3.80. The van der Waals surface area contributed by atoms with Crippen molar-refractivity contribution in [3.63, 3.8) is 0 Å². The van der Waals surface area contributed by atoms with Gasteiger partial charge in [0, 0.05) is 24.2 Å². The molecule has 1 rings (SSSR count). The van der Waals surface area contributed by atoms with Gasteiger partial charge in [-0.25, -0.2) is 8.78 Å². The van der Waals surface area contributed by atoms with Crippen LogP contribution in [0.3, 0.4) is 0 Å². The van der Waals surface area contributed by atoms with Crippen molar-refractivity contribution < 1.29 is 8.78 Å². The lowest BCUT2D eigenvalue weighted by atomic mass is 10.2. The Hall–Kier alpha value is -1.22. The van der Waals surface area contributed by atoms with Crippen molar-refractivity contribution in [1.29, 1.82) is 0 Å². The Labute approximate surface area is 88.8 Å². The summed E-state index contributed by atoms with van der Waals surface area (Å²) in [6, 6.07) is 3.86. The SMILES string of the molecule is C=CCC(C)NCc1ccc(F)cc1F. The Bertz CT molecular complexity index is 336. The summed E-state index contributed by atoms with van der Waals surface area (Å²) in [5.41, 5.74) is 0.479. The lowest BCUT2D eigenvalue weighted by Crippen LogP contribution is -2.25. The summed E-state index contributed by atoms with van der Waals surface area (Å²) in [7, 11) is 0. The summed E-state index contributed by atoms with van der Waals surface area (Å²) in [4.78, 5) is 0. The van der Waals surface area contributed by atoms with Crippen molar-refractivity contribution in [3.05, 3.63) is 48.1 Å². The van der Waals surface area contributed by atoms with E-state index in [0.29, 0.717) is 12.1 Å². The van der Waals surface area contributed by atoms with E-state index in [4.69, 9.17) is 0 Å². The maximum Gasteiger partial charge on any atom is 0.130 e. The first-order chi connectivity index (χ1) is 7.13. The highest BCUT2D eigenvalue weighted by Crippen LogP contribution is 2.09. The molecule has 15 heavy (non-hydrogen) atoms. The van der Waals surface area contributed by atoms with Crippen molar-refractivity contribution in [1.82, 2.24) is 5.32 Å². The van der Waals surface area contributed by atoms with Gasteiger partial charge in [0.25, 0.3) is 0 Å². The molecule has 1 N–H and O–H groups in total. The fourth-order valence-corrected chi connectivity index (χ4v) is 1.28. The summed E-state index contributed by atoms with van der Waals surface area (Å²) < 4.78 is 25.8. The molecule has 0 amide bonds. The van der Waals surface area contributed by atoms with Gasteiger partial charge in [-0.05, 0) is 19.4 Å². The molecule has 0 heterocycles. The van der Waals surface area contributed by atoms with E-state index in [2.05, 4.69) is 11.9 Å².